The monoisotopic (exact) mass is 576 g/mol. The van der Waals surface area contributed by atoms with Gasteiger partial charge in [-0.05, 0) is 44.9 Å². The molecule has 0 fully saturated rings. The Morgan fingerprint density at radius 3 is 2.65 bits per heavy atom. The molecule has 1 unspecified atom stereocenters. The number of hydrogen-bond donors (Lipinski definition) is 1. The highest BCUT2D eigenvalue weighted by Crippen LogP contribution is 2.36. The van der Waals surface area contributed by atoms with E-state index in [2.05, 4.69) is 28.2 Å². The van der Waals surface area contributed by atoms with E-state index in [0.29, 0.717) is 28.1 Å². The van der Waals surface area contributed by atoms with Gasteiger partial charge in [-0.1, -0.05) is 65.9 Å². The van der Waals surface area contributed by atoms with Crippen molar-refractivity contribution >= 4 is 40.0 Å². The molecule has 1 atom stereocenters. The Morgan fingerprint density at radius 1 is 1.18 bits per heavy atom. The Kier molecular flexibility index (Phi) is 9.79. The summed E-state index contributed by atoms with van der Waals surface area (Å²) in [5.41, 5.74) is 4.15. The van der Waals surface area contributed by atoms with E-state index >= 15 is 0 Å². The normalized spacial score (nSPS) is 11.6. The van der Waals surface area contributed by atoms with Gasteiger partial charge in [0.25, 0.3) is 0 Å². The molecule has 208 valence electrons. The van der Waals surface area contributed by atoms with E-state index in [4.69, 9.17) is 9.47 Å². The summed E-state index contributed by atoms with van der Waals surface area (Å²) in [7, 11) is 0. The summed E-state index contributed by atoms with van der Waals surface area (Å²) < 4.78 is 13.4. The van der Waals surface area contributed by atoms with Gasteiger partial charge in [0.1, 0.15) is 16.3 Å². The molecule has 0 aliphatic rings. The molecular weight excluding hydrogens is 544 g/mol. The van der Waals surface area contributed by atoms with Crippen LogP contribution in [0.3, 0.4) is 0 Å². The van der Waals surface area contributed by atoms with E-state index in [1.165, 1.54) is 23.1 Å². The fourth-order valence-corrected chi connectivity index (χ4v) is 5.89. The molecule has 0 radical (unpaired) electrons. The van der Waals surface area contributed by atoms with Gasteiger partial charge in [0.2, 0.25) is 5.91 Å². The van der Waals surface area contributed by atoms with Crippen molar-refractivity contribution in [3.05, 3.63) is 89.1 Å². The quantitative estimate of drug-likeness (QED) is 0.112. The first-order valence-electron chi connectivity index (χ1n) is 12.9. The third kappa shape index (κ3) is 6.81. The number of carbonyl (C=O) groups excluding carboxylic acids is 2. The third-order valence-corrected chi connectivity index (χ3v) is 7.86. The highest BCUT2D eigenvalue weighted by Gasteiger charge is 2.24. The maximum absolute atomic E-state index is 13.0. The molecule has 0 spiro atoms. The topological polar surface area (TPSA) is 95.3 Å². The highest BCUT2D eigenvalue weighted by atomic mass is 32.2. The number of benzene rings is 2. The van der Waals surface area contributed by atoms with Crippen LogP contribution in [0.1, 0.15) is 47.3 Å². The molecule has 8 nitrogen and oxygen atoms in total. The zero-order chi connectivity index (χ0) is 28.6. The predicted molar refractivity (Wildman–Crippen MR) is 160 cm³/mol. The van der Waals surface area contributed by atoms with Gasteiger partial charge in [0.05, 0.1) is 12.4 Å². The summed E-state index contributed by atoms with van der Waals surface area (Å²) in [5, 5.41) is 14.5. The molecule has 2 aromatic heterocycles. The number of allylic oxidation sites excluding steroid dienone is 1. The second kappa shape index (κ2) is 13.5. The van der Waals surface area contributed by atoms with Gasteiger partial charge in [-0.15, -0.1) is 28.1 Å². The number of thioether (sulfide) groups is 1. The standard InChI is InChI=1S/C30H32N4O4S2/c1-6-15-34-27(21(5)38-24-14-13-19(3)16-20(24)4)32-33-30(34)40-18-25(35)31-28-26(29(36)37-7-2)23(17-39-28)22-11-9-8-10-12-22/h6,8-14,16-17,21H,1,7,15,18H2,2-5H3,(H,31,35). The van der Waals surface area contributed by atoms with Crippen molar-refractivity contribution in [2.75, 3.05) is 17.7 Å². The molecule has 2 aromatic carbocycles. The molecule has 0 bridgehead atoms. The van der Waals surface area contributed by atoms with Crippen LogP contribution in [-0.4, -0.2) is 39.0 Å². The van der Waals surface area contributed by atoms with Crippen molar-refractivity contribution < 1.29 is 19.1 Å². The maximum Gasteiger partial charge on any atom is 0.341 e. The van der Waals surface area contributed by atoms with Crippen LogP contribution in [-0.2, 0) is 16.1 Å². The largest absolute Gasteiger partial charge is 0.482 e. The van der Waals surface area contributed by atoms with Crippen LogP contribution < -0.4 is 10.1 Å². The Morgan fingerprint density at radius 2 is 1.95 bits per heavy atom. The fraction of sp³-hybridized carbons (Fsp3) is 0.267. The maximum atomic E-state index is 13.0. The number of anilines is 1. The lowest BCUT2D eigenvalue weighted by molar-refractivity contribution is -0.113. The van der Waals surface area contributed by atoms with Crippen molar-refractivity contribution in [1.82, 2.24) is 14.8 Å². The lowest BCUT2D eigenvalue weighted by Crippen LogP contribution is -2.17. The van der Waals surface area contributed by atoms with E-state index < -0.39 is 5.97 Å². The number of nitrogens with one attached hydrogen (secondary N) is 1. The van der Waals surface area contributed by atoms with Crippen LogP contribution in [0.25, 0.3) is 11.1 Å². The fourth-order valence-electron chi connectivity index (χ4n) is 4.16. The van der Waals surface area contributed by atoms with Crippen molar-refractivity contribution in [3.63, 3.8) is 0 Å². The lowest BCUT2D eigenvalue weighted by atomic mass is 10.0. The van der Waals surface area contributed by atoms with E-state index in [1.54, 1.807) is 13.0 Å². The van der Waals surface area contributed by atoms with Crippen LogP contribution in [0.2, 0.25) is 0 Å². The van der Waals surface area contributed by atoms with Crippen LogP contribution in [0.15, 0.2) is 71.7 Å². The van der Waals surface area contributed by atoms with Crippen LogP contribution in [0.5, 0.6) is 5.75 Å². The molecule has 0 aliphatic heterocycles. The number of amides is 1. The van der Waals surface area contributed by atoms with E-state index in [0.717, 1.165) is 28.0 Å². The summed E-state index contributed by atoms with van der Waals surface area (Å²) >= 11 is 2.55. The number of carbonyl (C=O) groups is 2. The molecular formula is C30H32N4O4S2. The molecule has 1 amide bonds. The van der Waals surface area contributed by atoms with Gasteiger partial charge in [0, 0.05) is 17.5 Å². The molecule has 0 aliphatic carbocycles. The second-order valence-electron chi connectivity index (χ2n) is 9.05. The van der Waals surface area contributed by atoms with Crippen LogP contribution >= 0.6 is 23.1 Å². The number of ether oxygens (including phenoxy) is 2. The first kappa shape index (κ1) is 29.1. The number of aromatic nitrogens is 3. The van der Waals surface area contributed by atoms with Crippen molar-refractivity contribution in [1.29, 1.82) is 0 Å². The van der Waals surface area contributed by atoms with E-state index in [-0.39, 0.29) is 24.4 Å². The Balaban J connectivity index is 1.48. The average Bonchev–Trinajstić information content (AvgIpc) is 3.54. The number of thiophene rings is 1. The first-order valence-corrected chi connectivity index (χ1v) is 14.7. The van der Waals surface area contributed by atoms with E-state index in [1.807, 2.05) is 73.2 Å². The number of esters is 1. The molecule has 40 heavy (non-hydrogen) atoms. The molecule has 4 rings (SSSR count). The van der Waals surface area contributed by atoms with Crippen molar-refractivity contribution in [2.45, 2.75) is 45.5 Å². The molecule has 4 aromatic rings. The van der Waals surface area contributed by atoms with E-state index in [9.17, 15) is 9.59 Å². The van der Waals surface area contributed by atoms with Gasteiger partial charge >= 0.3 is 5.97 Å². The predicted octanol–water partition coefficient (Wildman–Crippen LogP) is 6.86. The van der Waals surface area contributed by atoms with Crippen LogP contribution in [0.4, 0.5) is 5.00 Å². The minimum atomic E-state index is -0.473. The van der Waals surface area contributed by atoms with Gasteiger partial charge < -0.3 is 14.8 Å². The molecule has 0 saturated carbocycles. The van der Waals surface area contributed by atoms with Gasteiger partial charge in [-0.3, -0.25) is 9.36 Å². The number of nitrogens with zero attached hydrogens (tertiary/aromatic N) is 3. The van der Waals surface area contributed by atoms with Crippen molar-refractivity contribution in [2.24, 2.45) is 0 Å². The molecule has 1 N–H and O–H groups in total. The molecule has 0 saturated heterocycles. The number of rotatable bonds is 12. The minimum Gasteiger partial charge on any atom is -0.482 e. The zero-order valence-corrected chi connectivity index (χ0v) is 24.6. The Hall–Kier alpha value is -3.89. The Labute approximate surface area is 242 Å². The minimum absolute atomic E-state index is 0.0718. The molecule has 2 heterocycles. The third-order valence-electron chi connectivity index (χ3n) is 6.00. The smallest absolute Gasteiger partial charge is 0.341 e. The second-order valence-corrected chi connectivity index (χ2v) is 10.9. The Bertz CT molecular complexity index is 1500. The number of aryl methyl sites for hydroxylation is 2. The summed E-state index contributed by atoms with van der Waals surface area (Å²) in [6.07, 6.45) is 1.38. The first-order chi connectivity index (χ1) is 19.3. The summed E-state index contributed by atoms with van der Waals surface area (Å²) in [6, 6.07) is 15.6. The molecule has 10 heteroatoms. The number of hydrogen-bond acceptors (Lipinski definition) is 8. The lowest BCUT2D eigenvalue weighted by Gasteiger charge is -2.17. The summed E-state index contributed by atoms with van der Waals surface area (Å²) in [6.45, 7) is 12.3. The average molecular weight is 577 g/mol. The van der Waals surface area contributed by atoms with Gasteiger partial charge in [-0.2, -0.15) is 0 Å². The SMILES string of the molecule is C=CCn1c(SCC(=O)Nc2scc(-c3ccccc3)c2C(=O)OCC)nnc1C(C)Oc1ccc(C)cc1C. The van der Waals surface area contributed by atoms with Gasteiger partial charge in [-0.25, -0.2) is 4.79 Å². The van der Waals surface area contributed by atoms with Crippen LogP contribution in [0, 0.1) is 13.8 Å². The summed E-state index contributed by atoms with van der Waals surface area (Å²) in [5.74, 6) is 0.744. The van der Waals surface area contributed by atoms with Gasteiger partial charge in [0.15, 0.2) is 17.1 Å². The van der Waals surface area contributed by atoms with Crippen molar-refractivity contribution in [3.8, 4) is 16.9 Å². The summed E-state index contributed by atoms with van der Waals surface area (Å²) in [4.78, 5) is 25.8. The zero-order valence-electron chi connectivity index (χ0n) is 23.0. The highest BCUT2D eigenvalue weighted by molar-refractivity contribution is 7.99.